The summed E-state index contributed by atoms with van der Waals surface area (Å²) in [4.78, 5) is 10.4. The molecular weight excluding hydrogens is 112 g/mol. The molecule has 0 amide bonds. The van der Waals surface area contributed by atoms with Crippen LogP contribution in [-0.2, 0) is 4.79 Å². The summed E-state index contributed by atoms with van der Waals surface area (Å²) in [5.41, 5.74) is 0.830. The molecule has 0 aromatic heterocycles. The first-order chi connectivity index (χ1) is 4.24. The monoisotopic (exact) mass is 124 g/mol. The Morgan fingerprint density at radius 1 is 1.44 bits per heavy atom. The third-order valence-electron chi connectivity index (χ3n) is 3.18. The van der Waals surface area contributed by atoms with Gasteiger partial charge in [0.2, 0.25) is 0 Å². The van der Waals surface area contributed by atoms with Gasteiger partial charge in [-0.1, -0.05) is 13.3 Å². The second-order valence-electron chi connectivity index (χ2n) is 3.86. The zero-order valence-corrected chi connectivity index (χ0v) is 5.81. The second kappa shape index (κ2) is 1.23. The van der Waals surface area contributed by atoms with Crippen LogP contribution >= 0.6 is 0 Å². The van der Waals surface area contributed by atoms with Crippen LogP contribution in [0.5, 0.6) is 0 Å². The molecule has 9 heavy (non-hydrogen) atoms. The van der Waals surface area contributed by atoms with Gasteiger partial charge in [0.05, 0.1) is 0 Å². The van der Waals surface area contributed by atoms with Crippen LogP contribution in [0.25, 0.3) is 0 Å². The number of rotatable bonds is 2. The molecule has 0 unspecified atom stereocenters. The third kappa shape index (κ3) is 0.440. The lowest BCUT2D eigenvalue weighted by Gasteiger charge is -2.68. The van der Waals surface area contributed by atoms with Crippen molar-refractivity contribution >= 4 is 6.29 Å². The highest BCUT2D eigenvalue weighted by atomic mass is 16.1. The summed E-state index contributed by atoms with van der Waals surface area (Å²) in [5, 5.41) is 0. The summed E-state index contributed by atoms with van der Waals surface area (Å²) in [6.45, 7) is 2.23. The predicted octanol–water partition coefficient (Wildman–Crippen LogP) is 1.77. The van der Waals surface area contributed by atoms with Crippen molar-refractivity contribution in [3.8, 4) is 0 Å². The fourth-order valence-electron chi connectivity index (χ4n) is 2.59. The van der Waals surface area contributed by atoms with E-state index in [9.17, 15) is 4.79 Å². The van der Waals surface area contributed by atoms with Gasteiger partial charge >= 0.3 is 0 Å². The molecule has 50 valence electrons. The van der Waals surface area contributed by atoms with Gasteiger partial charge in [0.25, 0.3) is 0 Å². The van der Waals surface area contributed by atoms with Gasteiger partial charge in [-0.2, -0.15) is 0 Å². The van der Waals surface area contributed by atoms with Crippen molar-refractivity contribution in [2.45, 2.75) is 32.6 Å². The van der Waals surface area contributed by atoms with E-state index in [2.05, 4.69) is 6.92 Å². The van der Waals surface area contributed by atoms with Gasteiger partial charge in [0.15, 0.2) is 0 Å². The van der Waals surface area contributed by atoms with Crippen molar-refractivity contribution in [1.29, 1.82) is 0 Å². The molecular formula is C8H12O. The quantitative estimate of drug-likeness (QED) is 0.513. The van der Waals surface area contributed by atoms with Gasteiger partial charge in [0.1, 0.15) is 6.29 Å². The largest absolute Gasteiger partial charge is 0.303 e. The van der Waals surface area contributed by atoms with Gasteiger partial charge in [-0.25, -0.2) is 0 Å². The van der Waals surface area contributed by atoms with Gasteiger partial charge in [-0.15, -0.1) is 0 Å². The molecule has 3 fully saturated rings. The molecule has 3 aliphatic carbocycles. The molecule has 0 radical (unpaired) electrons. The molecule has 3 rings (SSSR count). The van der Waals surface area contributed by atoms with Crippen molar-refractivity contribution in [3.63, 3.8) is 0 Å². The number of aldehydes is 1. The number of carbonyl (C=O) groups is 1. The molecule has 0 aromatic rings. The minimum Gasteiger partial charge on any atom is -0.303 e. The summed E-state index contributed by atoms with van der Waals surface area (Å²) in [6.07, 6.45) is 6.03. The molecule has 3 aliphatic rings. The van der Waals surface area contributed by atoms with Gasteiger partial charge in [-0.05, 0) is 24.7 Å². The van der Waals surface area contributed by atoms with E-state index in [1.165, 1.54) is 32.0 Å². The number of carbonyl (C=O) groups excluding carboxylic acids is 1. The maximum atomic E-state index is 10.4. The van der Waals surface area contributed by atoms with Crippen LogP contribution in [0.4, 0.5) is 0 Å². The Kier molecular flexibility index (Phi) is 0.744. The van der Waals surface area contributed by atoms with Crippen molar-refractivity contribution in [1.82, 2.24) is 0 Å². The topological polar surface area (TPSA) is 17.1 Å². The average Bonchev–Trinajstić information content (AvgIpc) is 1.62. The van der Waals surface area contributed by atoms with E-state index in [1.54, 1.807) is 0 Å². The zero-order chi connectivity index (χ0) is 6.54. The molecule has 0 spiro atoms. The van der Waals surface area contributed by atoms with Crippen LogP contribution in [0.1, 0.15) is 32.6 Å². The zero-order valence-electron chi connectivity index (χ0n) is 5.81. The normalized spacial score (nSPS) is 53.4. The maximum Gasteiger partial charge on any atom is 0.126 e. The first kappa shape index (κ1) is 5.45. The summed E-state index contributed by atoms with van der Waals surface area (Å²) >= 11 is 0. The van der Waals surface area contributed by atoms with Crippen LogP contribution in [0.3, 0.4) is 0 Å². The van der Waals surface area contributed by atoms with E-state index < -0.39 is 0 Å². The maximum absolute atomic E-state index is 10.4. The lowest BCUT2D eigenvalue weighted by atomic mass is 9.35. The summed E-state index contributed by atoms with van der Waals surface area (Å²) in [7, 11) is 0. The molecule has 3 saturated carbocycles. The first-order valence-electron chi connectivity index (χ1n) is 3.71. The molecule has 0 N–H and O–H groups in total. The van der Waals surface area contributed by atoms with E-state index >= 15 is 0 Å². The summed E-state index contributed by atoms with van der Waals surface area (Å²) < 4.78 is 0. The predicted molar refractivity (Wildman–Crippen MR) is 35.1 cm³/mol. The minimum absolute atomic E-state index is 0.190. The van der Waals surface area contributed by atoms with E-state index in [4.69, 9.17) is 0 Å². The van der Waals surface area contributed by atoms with E-state index in [0.717, 1.165) is 0 Å². The fourth-order valence-corrected chi connectivity index (χ4v) is 2.59. The van der Waals surface area contributed by atoms with Crippen molar-refractivity contribution in [3.05, 3.63) is 0 Å². The lowest BCUT2D eigenvalue weighted by Crippen LogP contribution is -2.61. The summed E-state index contributed by atoms with van der Waals surface area (Å²) in [6, 6.07) is 0. The van der Waals surface area contributed by atoms with Crippen molar-refractivity contribution in [2.24, 2.45) is 10.8 Å². The van der Waals surface area contributed by atoms with Crippen molar-refractivity contribution < 1.29 is 4.79 Å². The van der Waals surface area contributed by atoms with Gasteiger partial charge < -0.3 is 4.79 Å². The Hall–Kier alpha value is -0.330. The second-order valence-corrected chi connectivity index (χ2v) is 3.86. The van der Waals surface area contributed by atoms with Gasteiger partial charge in [0, 0.05) is 5.41 Å². The Balaban J connectivity index is 2.03. The third-order valence-corrected chi connectivity index (χ3v) is 3.18. The highest BCUT2D eigenvalue weighted by molar-refractivity contribution is 5.66. The average molecular weight is 124 g/mol. The summed E-state index contributed by atoms with van der Waals surface area (Å²) in [5.74, 6) is 0. The van der Waals surface area contributed by atoms with Crippen LogP contribution in [-0.4, -0.2) is 6.29 Å². The van der Waals surface area contributed by atoms with Crippen LogP contribution < -0.4 is 0 Å². The Labute approximate surface area is 55.4 Å². The molecule has 1 nitrogen and oxygen atoms in total. The highest BCUT2D eigenvalue weighted by Gasteiger charge is 2.66. The van der Waals surface area contributed by atoms with Gasteiger partial charge in [-0.3, -0.25) is 0 Å². The molecule has 0 saturated heterocycles. The molecule has 1 heteroatoms. The Morgan fingerprint density at radius 2 is 2.00 bits per heavy atom. The van der Waals surface area contributed by atoms with Crippen LogP contribution in [0, 0.1) is 10.8 Å². The van der Waals surface area contributed by atoms with E-state index in [-0.39, 0.29) is 5.41 Å². The fraction of sp³-hybridized carbons (Fsp3) is 0.875. The van der Waals surface area contributed by atoms with Crippen LogP contribution in [0.2, 0.25) is 0 Å². The lowest BCUT2D eigenvalue weighted by molar-refractivity contribution is -0.194. The van der Waals surface area contributed by atoms with E-state index in [1.807, 2.05) is 0 Å². The molecule has 0 atom stereocenters. The molecule has 0 aliphatic heterocycles. The van der Waals surface area contributed by atoms with Crippen molar-refractivity contribution in [2.75, 3.05) is 0 Å². The molecule has 0 heterocycles. The van der Waals surface area contributed by atoms with E-state index in [0.29, 0.717) is 5.41 Å². The SMILES string of the molecule is CCC12CC(C=O)(C1)C2. The Morgan fingerprint density at radius 3 is 2.33 bits per heavy atom. The molecule has 2 bridgehead atoms. The molecule has 0 aromatic carbocycles. The highest BCUT2D eigenvalue weighted by Crippen LogP contribution is 2.73. The number of hydrogen-bond donors (Lipinski definition) is 0. The minimum atomic E-state index is 0.190. The smallest absolute Gasteiger partial charge is 0.126 e. The first-order valence-corrected chi connectivity index (χ1v) is 3.71. The Bertz CT molecular complexity index is 140. The standard InChI is InChI=1S/C8H12O/c1-2-7-3-8(4-7,5-7)6-9/h6H,2-5H2,1H3. The van der Waals surface area contributed by atoms with Crippen LogP contribution in [0.15, 0.2) is 0 Å². The number of hydrogen-bond acceptors (Lipinski definition) is 1.